The Kier molecular flexibility index (Phi) is 7.44. The van der Waals surface area contributed by atoms with Gasteiger partial charge in [-0.25, -0.2) is 4.98 Å². The van der Waals surface area contributed by atoms with E-state index < -0.39 is 0 Å². The molecule has 2 amide bonds. The van der Waals surface area contributed by atoms with E-state index in [-0.39, 0.29) is 36.1 Å². The molecule has 3 aromatic rings. The van der Waals surface area contributed by atoms with E-state index in [2.05, 4.69) is 10.3 Å². The Morgan fingerprint density at radius 2 is 1.76 bits per heavy atom. The minimum absolute atomic E-state index is 0.0582. The number of piperidine rings is 1. The molecule has 0 aliphatic carbocycles. The number of thioether (sulfide) groups is 1. The number of hydrogen-bond donors (Lipinski definition) is 1. The van der Waals surface area contributed by atoms with E-state index in [4.69, 9.17) is 0 Å². The molecule has 8 heteroatoms. The summed E-state index contributed by atoms with van der Waals surface area (Å²) < 4.78 is 1.54. The number of benzene rings is 2. The third kappa shape index (κ3) is 5.82. The molecule has 0 spiro atoms. The molecule has 1 fully saturated rings. The number of carbonyl (C=O) groups excluding carboxylic acids is 2. The normalized spacial score (nSPS) is 13.8. The van der Waals surface area contributed by atoms with Gasteiger partial charge in [-0.3, -0.25) is 19.0 Å². The van der Waals surface area contributed by atoms with E-state index in [1.165, 1.54) is 16.3 Å². The molecule has 4 rings (SSSR count). The van der Waals surface area contributed by atoms with Crippen LogP contribution < -0.4 is 10.9 Å². The van der Waals surface area contributed by atoms with E-state index >= 15 is 0 Å². The molecule has 33 heavy (non-hydrogen) atoms. The quantitative estimate of drug-likeness (QED) is 0.424. The highest BCUT2D eigenvalue weighted by Crippen LogP contribution is 2.19. The maximum atomic E-state index is 13.2. The summed E-state index contributed by atoms with van der Waals surface area (Å²) >= 11 is 1.21. The molecule has 0 unspecified atom stereocenters. The van der Waals surface area contributed by atoms with Gasteiger partial charge in [-0.1, -0.05) is 41.6 Å². The zero-order valence-corrected chi connectivity index (χ0v) is 19.6. The molecule has 1 aliphatic heterocycles. The van der Waals surface area contributed by atoms with Gasteiger partial charge in [-0.05, 0) is 50.5 Å². The Labute approximate surface area is 197 Å². The molecule has 7 nitrogen and oxygen atoms in total. The number of nitrogens with one attached hydrogen (secondary N) is 1. The van der Waals surface area contributed by atoms with Crippen LogP contribution in [0.2, 0.25) is 0 Å². The Hall–Kier alpha value is -3.13. The van der Waals surface area contributed by atoms with Gasteiger partial charge < -0.3 is 10.2 Å². The van der Waals surface area contributed by atoms with E-state index in [0.717, 1.165) is 43.6 Å². The second kappa shape index (κ2) is 10.7. The number of aromatic nitrogens is 2. The van der Waals surface area contributed by atoms with Gasteiger partial charge in [0.05, 0.1) is 16.7 Å². The monoisotopic (exact) mass is 464 g/mol. The summed E-state index contributed by atoms with van der Waals surface area (Å²) in [7, 11) is 0. The van der Waals surface area contributed by atoms with Gasteiger partial charge in [0.1, 0.15) is 0 Å². The van der Waals surface area contributed by atoms with Crippen LogP contribution in [0.15, 0.2) is 58.5 Å². The number of rotatable bonds is 7. The largest absolute Gasteiger partial charge is 0.343 e. The minimum atomic E-state index is -0.187. The van der Waals surface area contributed by atoms with Crippen LogP contribution in [0.4, 0.5) is 5.69 Å². The summed E-state index contributed by atoms with van der Waals surface area (Å²) in [6.07, 6.45) is 3.45. The maximum Gasteiger partial charge on any atom is 0.262 e. The summed E-state index contributed by atoms with van der Waals surface area (Å²) in [4.78, 5) is 44.9. The molecule has 0 bridgehead atoms. The fourth-order valence-electron chi connectivity index (χ4n) is 3.93. The number of hydrogen-bond acceptors (Lipinski definition) is 5. The first-order valence-corrected chi connectivity index (χ1v) is 12.3. The van der Waals surface area contributed by atoms with E-state index in [0.29, 0.717) is 16.1 Å². The molecular weight excluding hydrogens is 436 g/mol. The molecule has 0 atom stereocenters. The summed E-state index contributed by atoms with van der Waals surface area (Å²) in [5.74, 6) is -0.0105. The average molecular weight is 465 g/mol. The Morgan fingerprint density at radius 1 is 1.03 bits per heavy atom. The second-order valence-electron chi connectivity index (χ2n) is 8.26. The number of aryl methyl sites for hydroxylation is 1. The first kappa shape index (κ1) is 23.0. The topological polar surface area (TPSA) is 84.3 Å². The third-order valence-corrected chi connectivity index (χ3v) is 6.73. The van der Waals surface area contributed by atoms with Crippen LogP contribution >= 0.6 is 11.8 Å². The Balaban J connectivity index is 1.50. The lowest BCUT2D eigenvalue weighted by atomic mass is 10.1. The van der Waals surface area contributed by atoms with Gasteiger partial charge in [-0.15, -0.1) is 0 Å². The van der Waals surface area contributed by atoms with Gasteiger partial charge in [0.25, 0.3) is 5.56 Å². The lowest BCUT2D eigenvalue weighted by Crippen LogP contribution is -2.36. The van der Waals surface area contributed by atoms with Crippen molar-refractivity contribution >= 4 is 40.2 Å². The van der Waals surface area contributed by atoms with E-state index in [1.54, 1.807) is 18.2 Å². The molecule has 0 radical (unpaired) electrons. The number of fused-ring (bicyclic) bond motifs is 1. The fourth-order valence-corrected chi connectivity index (χ4v) is 4.75. The second-order valence-corrected chi connectivity index (χ2v) is 9.21. The van der Waals surface area contributed by atoms with Crippen molar-refractivity contribution in [2.75, 3.05) is 24.2 Å². The number of nitrogens with zero attached hydrogens (tertiary/aromatic N) is 3. The SMILES string of the molecule is Cc1ccc(NC(=O)CSc2nc3ccccc3c(=O)n2CCC(=O)N2CCCCC2)cc1. The Bertz CT molecular complexity index is 1200. The summed E-state index contributed by atoms with van der Waals surface area (Å²) in [5, 5.41) is 3.83. The first-order chi connectivity index (χ1) is 16.0. The molecule has 1 aliphatic rings. The minimum Gasteiger partial charge on any atom is -0.343 e. The zero-order chi connectivity index (χ0) is 23.2. The standard InChI is InChI=1S/C25H28N4O3S/c1-18-9-11-19(12-10-18)26-22(30)17-33-25-27-21-8-4-3-7-20(21)24(32)29(25)16-13-23(31)28-14-5-2-6-15-28/h3-4,7-12H,2,5-6,13-17H2,1H3,(H,26,30). The van der Waals surface area contributed by atoms with Crippen LogP contribution in [0, 0.1) is 6.92 Å². The van der Waals surface area contributed by atoms with Crippen molar-refractivity contribution in [2.45, 2.75) is 44.3 Å². The van der Waals surface area contributed by atoms with Gasteiger partial charge in [0.2, 0.25) is 11.8 Å². The predicted molar refractivity (Wildman–Crippen MR) is 132 cm³/mol. The van der Waals surface area contributed by atoms with Crippen LogP contribution in [0.1, 0.15) is 31.2 Å². The van der Waals surface area contributed by atoms with E-state index in [1.807, 2.05) is 42.2 Å². The van der Waals surface area contributed by atoms with Gasteiger partial charge in [-0.2, -0.15) is 0 Å². The highest BCUT2D eigenvalue weighted by Gasteiger charge is 2.19. The van der Waals surface area contributed by atoms with Crippen LogP contribution in [0.5, 0.6) is 0 Å². The van der Waals surface area contributed by atoms with Crippen molar-refractivity contribution in [1.82, 2.24) is 14.5 Å². The van der Waals surface area contributed by atoms with Crippen LogP contribution in [0.25, 0.3) is 10.9 Å². The third-order valence-electron chi connectivity index (χ3n) is 5.75. The van der Waals surface area contributed by atoms with Crippen LogP contribution in [-0.4, -0.2) is 45.1 Å². The molecule has 2 aromatic carbocycles. The highest BCUT2D eigenvalue weighted by atomic mass is 32.2. The molecular formula is C25H28N4O3S. The molecule has 2 heterocycles. The number of carbonyl (C=O) groups is 2. The smallest absolute Gasteiger partial charge is 0.262 e. The number of likely N-dealkylation sites (tertiary alicyclic amines) is 1. The lowest BCUT2D eigenvalue weighted by molar-refractivity contribution is -0.132. The Morgan fingerprint density at radius 3 is 2.52 bits per heavy atom. The van der Waals surface area contributed by atoms with Crippen LogP contribution in [0.3, 0.4) is 0 Å². The molecule has 0 saturated carbocycles. The fraction of sp³-hybridized carbons (Fsp3) is 0.360. The first-order valence-electron chi connectivity index (χ1n) is 11.3. The summed E-state index contributed by atoms with van der Waals surface area (Å²) in [6, 6.07) is 14.7. The molecule has 1 N–H and O–H groups in total. The van der Waals surface area contributed by atoms with Crippen LogP contribution in [-0.2, 0) is 16.1 Å². The average Bonchev–Trinajstić information content (AvgIpc) is 2.84. The lowest BCUT2D eigenvalue weighted by Gasteiger charge is -2.27. The van der Waals surface area contributed by atoms with Crippen molar-refractivity contribution in [3.63, 3.8) is 0 Å². The summed E-state index contributed by atoms with van der Waals surface area (Å²) in [6.45, 7) is 3.80. The van der Waals surface area contributed by atoms with Gasteiger partial charge in [0, 0.05) is 31.7 Å². The number of para-hydroxylation sites is 1. The van der Waals surface area contributed by atoms with E-state index in [9.17, 15) is 14.4 Å². The van der Waals surface area contributed by atoms with Crippen molar-refractivity contribution in [1.29, 1.82) is 0 Å². The molecule has 1 aromatic heterocycles. The summed E-state index contributed by atoms with van der Waals surface area (Å²) in [5.41, 5.74) is 2.24. The van der Waals surface area contributed by atoms with Gasteiger partial charge >= 0.3 is 0 Å². The highest BCUT2D eigenvalue weighted by molar-refractivity contribution is 7.99. The molecule has 1 saturated heterocycles. The number of amides is 2. The zero-order valence-electron chi connectivity index (χ0n) is 18.8. The number of anilines is 1. The molecule has 172 valence electrons. The maximum absolute atomic E-state index is 13.2. The van der Waals surface area contributed by atoms with Crippen molar-refractivity contribution in [2.24, 2.45) is 0 Å². The predicted octanol–water partition coefficient (Wildman–Crippen LogP) is 3.84. The van der Waals surface area contributed by atoms with Crippen molar-refractivity contribution in [3.8, 4) is 0 Å². The van der Waals surface area contributed by atoms with Crippen molar-refractivity contribution < 1.29 is 9.59 Å². The van der Waals surface area contributed by atoms with Gasteiger partial charge in [0.15, 0.2) is 5.16 Å². The van der Waals surface area contributed by atoms with Crippen molar-refractivity contribution in [3.05, 3.63) is 64.4 Å².